The Kier molecular flexibility index (Phi) is 6.95. The summed E-state index contributed by atoms with van der Waals surface area (Å²) in [6, 6.07) is 11.3. The van der Waals surface area contributed by atoms with Gasteiger partial charge in [0.05, 0.1) is 0 Å². The van der Waals surface area contributed by atoms with Crippen molar-refractivity contribution in [3.63, 3.8) is 0 Å². The zero-order valence-electron chi connectivity index (χ0n) is 13.1. The molecule has 0 heterocycles. The molecule has 0 amide bonds. The Hall–Kier alpha value is -0.470. The lowest BCUT2D eigenvalue weighted by Crippen LogP contribution is -2.27. The van der Waals surface area contributed by atoms with Gasteiger partial charge in [-0.3, -0.25) is 0 Å². The molecular weight excluding hydrogens is 250 g/mol. The smallest absolute Gasteiger partial charge is 0.0325 e. The van der Waals surface area contributed by atoms with Gasteiger partial charge in [0, 0.05) is 11.3 Å². The van der Waals surface area contributed by atoms with Gasteiger partial charge < -0.3 is 5.32 Å². The predicted molar refractivity (Wildman–Crippen MR) is 88.9 cm³/mol. The standard InChI is InChI=1S/C17H29NS/c1-14(19-5)11-12-18-16(13-17(2,3)4)15-9-7-6-8-10-15/h6-10,14,16,18H,11-13H2,1-5H3. The monoisotopic (exact) mass is 279 g/mol. The molecule has 1 nitrogen and oxygen atoms in total. The fourth-order valence-corrected chi connectivity index (χ4v) is 2.54. The molecular formula is C17H29NS. The van der Waals surface area contributed by atoms with Crippen LogP contribution in [0.1, 0.15) is 52.1 Å². The van der Waals surface area contributed by atoms with Gasteiger partial charge in [-0.15, -0.1) is 0 Å². The molecule has 1 N–H and O–H groups in total. The van der Waals surface area contributed by atoms with E-state index in [4.69, 9.17) is 0 Å². The van der Waals surface area contributed by atoms with Crippen molar-refractivity contribution in [1.29, 1.82) is 0 Å². The minimum atomic E-state index is 0.346. The Bertz CT molecular complexity index is 342. The minimum absolute atomic E-state index is 0.346. The Morgan fingerprint density at radius 1 is 1.16 bits per heavy atom. The van der Waals surface area contributed by atoms with Crippen LogP contribution in [0.5, 0.6) is 0 Å². The largest absolute Gasteiger partial charge is 0.310 e. The molecule has 2 heteroatoms. The summed E-state index contributed by atoms with van der Waals surface area (Å²) in [5.41, 5.74) is 1.76. The maximum atomic E-state index is 3.74. The topological polar surface area (TPSA) is 12.0 Å². The van der Waals surface area contributed by atoms with E-state index in [2.05, 4.69) is 69.6 Å². The van der Waals surface area contributed by atoms with Crippen LogP contribution in [0.2, 0.25) is 0 Å². The molecule has 0 spiro atoms. The third-order valence-electron chi connectivity index (χ3n) is 3.36. The molecule has 0 saturated carbocycles. The second kappa shape index (κ2) is 7.96. The van der Waals surface area contributed by atoms with E-state index in [1.165, 1.54) is 18.4 Å². The summed E-state index contributed by atoms with van der Waals surface area (Å²) in [5.74, 6) is 0. The summed E-state index contributed by atoms with van der Waals surface area (Å²) in [5, 5.41) is 4.48. The van der Waals surface area contributed by atoms with Gasteiger partial charge in [-0.2, -0.15) is 11.8 Å². The average Bonchev–Trinajstić information content (AvgIpc) is 2.37. The van der Waals surface area contributed by atoms with E-state index in [-0.39, 0.29) is 0 Å². The van der Waals surface area contributed by atoms with Gasteiger partial charge in [-0.1, -0.05) is 58.0 Å². The van der Waals surface area contributed by atoms with Crippen molar-refractivity contribution in [2.45, 2.75) is 51.8 Å². The first kappa shape index (κ1) is 16.6. The van der Waals surface area contributed by atoms with Gasteiger partial charge in [0.25, 0.3) is 0 Å². The van der Waals surface area contributed by atoms with Gasteiger partial charge in [0.1, 0.15) is 0 Å². The third-order valence-corrected chi connectivity index (χ3v) is 4.40. The molecule has 2 atom stereocenters. The quantitative estimate of drug-likeness (QED) is 0.762. The van der Waals surface area contributed by atoms with E-state index in [0.29, 0.717) is 11.5 Å². The zero-order valence-corrected chi connectivity index (χ0v) is 13.9. The van der Waals surface area contributed by atoms with E-state index in [0.717, 1.165) is 11.8 Å². The lowest BCUT2D eigenvalue weighted by molar-refractivity contribution is 0.311. The Balaban J connectivity index is 2.60. The molecule has 0 aliphatic rings. The number of hydrogen-bond acceptors (Lipinski definition) is 2. The summed E-state index contributed by atoms with van der Waals surface area (Å²) in [4.78, 5) is 0. The maximum Gasteiger partial charge on any atom is 0.0325 e. The van der Waals surface area contributed by atoms with Gasteiger partial charge in [0.15, 0.2) is 0 Å². The maximum absolute atomic E-state index is 3.74. The number of nitrogens with one attached hydrogen (secondary N) is 1. The van der Waals surface area contributed by atoms with Crippen molar-refractivity contribution >= 4 is 11.8 Å². The Morgan fingerprint density at radius 2 is 1.79 bits per heavy atom. The predicted octanol–water partition coefficient (Wildman–Crippen LogP) is 4.90. The molecule has 1 rings (SSSR count). The molecule has 108 valence electrons. The third kappa shape index (κ3) is 7.03. The number of rotatable bonds is 7. The van der Waals surface area contributed by atoms with Gasteiger partial charge in [0.2, 0.25) is 0 Å². The number of benzene rings is 1. The van der Waals surface area contributed by atoms with E-state index >= 15 is 0 Å². The molecule has 0 radical (unpaired) electrons. The van der Waals surface area contributed by atoms with Crippen molar-refractivity contribution < 1.29 is 0 Å². The van der Waals surface area contributed by atoms with Crippen molar-refractivity contribution in [3.05, 3.63) is 35.9 Å². The summed E-state index contributed by atoms with van der Waals surface area (Å²) in [6.45, 7) is 10.3. The van der Waals surface area contributed by atoms with Gasteiger partial charge in [-0.25, -0.2) is 0 Å². The van der Waals surface area contributed by atoms with E-state index in [1.807, 2.05) is 11.8 Å². The molecule has 0 fully saturated rings. The highest BCUT2D eigenvalue weighted by molar-refractivity contribution is 7.99. The van der Waals surface area contributed by atoms with E-state index in [9.17, 15) is 0 Å². The van der Waals surface area contributed by atoms with Crippen LogP contribution in [0.15, 0.2) is 30.3 Å². The fraction of sp³-hybridized carbons (Fsp3) is 0.647. The minimum Gasteiger partial charge on any atom is -0.310 e. The highest BCUT2D eigenvalue weighted by Gasteiger charge is 2.19. The van der Waals surface area contributed by atoms with Crippen LogP contribution >= 0.6 is 11.8 Å². The highest BCUT2D eigenvalue weighted by atomic mass is 32.2. The fourth-order valence-electron chi connectivity index (χ4n) is 2.18. The van der Waals surface area contributed by atoms with Crippen molar-refractivity contribution in [2.75, 3.05) is 12.8 Å². The number of hydrogen-bond donors (Lipinski definition) is 1. The summed E-state index contributed by atoms with van der Waals surface area (Å²) in [7, 11) is 0. The first-order chi connectivity index (χ1) is 8.92. The molecule has 19 heavy (non-hydrogen) atoms. The van der Waals surface area contributed by atoms with Gasteiger partial charge >= 0.3 is 0 Å². The number of thioether (sulfide) groups is 1. The molecule has 2 unspecified atom stereocenters. The van der Waals surface area contributed by atoms with Crippen LogP contribution < -0.4 is 5.32 Å². The second-order valence-corrected chi connectivity index (χ2v) is 7.79. The van der Waals surface area contributed by atoms with Crippen LogP contribution in [-0.2, 0) is 0 Å². The van der Waals surface area contributed by atoms with Crippen LogP contribution in [0, 0.1) is 5.41 Å². The average molecular weight is 279 g/mol. The molecule has 1 aromatic carbocycles. The molecule has 0 bridgehead atoms. The normalized spacial score (nSPS) is 15.2. The molecule has 0 aromatic heterocycles. The van der Waals surface area contributed by atoms with Crippen molar-refractivity contribution in [1.82, 2.24) is 5.32 Å². The summed E-state index contributed by atoms with van der Waals surface area (Å²) < 4.78 is 0. The van der Waals surface area contributed by atoms with Crippen molar-refractivity contribution in [2.24, 2.45) is 5.41 Å². The SMILES string of the molecule is CSC(C)CCNC(CC(C)(C)C)c1ccccc1. The summed E-state index contributed by atoms with van der Waals surface area (Å²) in [6.07, 6.45) is 4.59. The van der Waals surface area contributed by atoms with Crippen LogP contribution in [0.25, 0.3) is 0 Å². The highest BCUT2D eigenvalue weighted by Crippen LogP contribution is 2.29. The van der Waals surface area contributed by atoms with Crippen LogP contribution in [0.4, 0.5) is 0 Å². The van der Waals surface area contributed by atoms with E-state index in [1.54, 1.807) is 0 Å². The molecule has 1 aromatic rings. The van der Waals surface area contributed by atoms with Crippen LogP contribution in [-0.4, -0.2) is 18.1 Å². The summed E-state index contributed by atoms with van der Waals surface area (Å²) >= 11 is 1.95. The molecule has 0 aliphatic heterocycles. The zero-order chi connectivity index (χ0) is 14.3. The Morgan fingerprint density at radius 3 is 2.32 bits per heavy atom. The van der Waals surface area contributed by atoms with Crippen molar-refractivity contribution in [3.8, 4) is 0 Å². The van der Waals surface area contributed by atoms with E-state index < -0.39 is 0 Å². The first-order valence-electron chi connectivity index (χ1n) is 7.23. The lowest BCUT2D eigenvalue weighted by Gasteiger charge is -2.27. The van der Waals surface area contributed by atoms with Crippen LogP contribution in [0.3, 0.4) is 0 Å². The molecule has 0 aliphatic carbocycles. The lowest BCUT2D eigenvalue weighted by atomic mass is 9.85. The second-order valence-electron chi connectivity index (χ2n) is 6.52. The molecule has 0 saturated heterocycles. The first-order valence-corrected chi connectivity index (χ1v) is 8.52. The van der Waals surface area contributed by atoms with Gasteiger partial charge in [-0.05, 0) is 36.6 Å². The Labute approximate surface area is 123 Å².